The molecule has 0 aromatic heterocycles. The third kappa shape index (κ3) is 4.03. The van der Waals surface area contributed by atoms with Crippen molar-refractivity contribution in [2.45, 2.75) is 64.2 Å². The van der Waals surface area contributed by atoms with Gasteiger partial charge < -0.3 is 0 Å². The molecule has 2 fully saturated rings. The Bertz CT molecular complexity index is 684. The predicted octanol–water partition coefficient (Wildman–Crippen LogP) is 7.59. The Kier molecular flexibility index (Phi) is 5.43. The zero-order valence-corrected chi connectivity index (χ0v) is 16.0. The van der Waals surface area contributed by atoms with Crippen molar-refractivity contribution in [3.63, 3.8) is 0 Å². The lowest BCUT2D eigenvalue weighted by Crippen LogP contribution is -2.24. The minimum atomic E-state index is -0.172. The highest BCUT2D eigenvalue weighted by molar-refractivity contribution is 5.63. The summed E-state index contributed by atoms with van der Waals surface area (Å²) in [6.45, 7) is 2.42. The summed E-state index contributed by atoms with van der Waals surface area (Å²) in [5.41, 5.74) is 3.76. The smallest absolute Gasteiger partial charge is 0.123 e. The SMILES string of the molecule is CC1CCC(C2CCC(c3ccc(-c4ccc(F)cc4)cc3)CC2)CC1. The van der Waals surface area contributed by atoms with Crippen LogP contribution in [0.25, 0.3) is 11.1 Å². The normalized spacial score (nSPS) is 29.5. The van der Waals surface area contributed by atoms with Crippen LogP contribution in [0.15, 0.2) is 48.5 Å². The number of hydrogen-bond acceptors (Lipinski definition) is 0. The number of benzene rings is 2. The van der Waals surface area contributed by atoms with Gasteiger partial charge in [-0.3, -0.25) is 0 Å². The van der Waals surface area contributed by atoms with Gasteiger partial charge in [-0.1, -0.05) is 56.2 Å². The summed E-state index contributed by atoms with van der Waals surface area (Å²) in [6, 6.07) is 15.8. The molecule has 1 heteroatoms. The largest absolute Gasteiger partial charge is 0.207 e. The van der Waals surface area contributed by atoms with Crippen molar-refractivity contribution in [1.29, 1.82) is 0 Å². The second-order valence-electron chi connectivity index (χ2n) is 8.76. The molecule has 0 unspecified atom stereocenters. The first-order valence-corrected chi connectivity index (χ1v) is 10.5. The van der Waals surface area contributed by atoms with E-state index in [9.17, 15) is 4.39 Å². The van der Waals surface area contributed by atoms with E-state index in [4.69, 9.17) is 0 Å². The second-order valence-corrected chi connectivity index (χ2v) is 8.76. The van der Waals surface area contributed by atoms with E-state index in [0.29, 0.717) is 0 Å². The molecular weight excluding hydrogens is 319 g/mol. The fourth-order valence-electron chi connectivity index (χ4n) is 5.27. The average Bonchev–Trinajstić information content (AvgIpc) is 2.70. The van der Waals surface area contributed by atoms with Crippen LogP contribution < -0.4 is 0 Å². The van der Waals surface area contributed by atoms with E-state index >= 15 is 0 Å². The molecule has 138 valence electrons. The van der Waals surface area contributed by atoms with Gasteiger partial charge in [-0.2, -0.15) is 0 Å². The first-order chi connectivity index (χ1) is 12.7. The van der Waals surface area contributed by atoms with E-state index in [0.717, 1.165) is 29.2 Å². The lowest BCUT2D eigenvalue weighted by atomic mass is 9.68. The summed E-state index contributed by atoms with van der Waals surface area (Å²) in [4.78, 5) is 0. The van der Waals surface area contributed by atoms with Gasteiger partial charge in [0.05, 0.1) is 0 Å². The zero-order chi connectivity index (χ0) is 17.9. The highest BCUT2D eigenvalue weighted by Crippen LogP contribution is 2.43. The molecule has 2 aliphatic carbocycles. The maximum Gasteiger partial charge on any atom is 0.123 e. The fraction of sp³-hybridized carbons (Fsp3) is 0.520. The van der Waals surface area contributed by atoms with E-state index in [2.05, 4.69) is 31.2 Å². The third-order valence-electron chi connectivity index (χ3n) is 7.06. The van der Waals surface area contributed by atoms with Gasteiger partial charge in [0.15, 0.2) is 0 Å². The van der Waals surface area contributed by atoms with E-state index in [1.54, 1.807) is 0 Å². The minimum absolute atomic E-state index is 0.172. The molecule has 26 heavy (non-hydrogen) atoms. The van der Waals surface area contributed by atoms with Gasteiger partial charge in [-0.05, 0) is 91.0 Å². The van der Waals surface area contributed by atoms with Crippen LogP contribution >= 0.6 is 0 Å². The number of halogens is 1. The molecule has 0 radical (unpaired) electrons. The van der Waals surface area contributed by atoms with Crippen LogP contribution in [0, 0.1) is 23.6 Å². The van der Waals surface area contributed by atoms with Gasteiger partial charge in [0.25, 0.3) is 0 Å². The summed E-state index contributed by atoms with van der Waals surface area (Å²) < 4.78 is 13.1. The van der Waals surface area contributed by atoms with Crippen molar-refractivity contribution in [2.24, 2.45) is 17.8 Å². The summed E-state index contributed by atoms with van der Waals surface area (Å²) in [5, 5.41) is 0. The van der Waals surface area contributed by atoms with Crippen LogP contribution in [0.5, 0.6) is 0 Å². The van der Waals surface area contributed by atoms with Crippen LogP contribution in [-0.4, -0.2) is 0 Å². The van der Waals surface area contributed by atoms with Gasteiger partial charge >= 0.3 is 0 Å². The highest BCUT2D eigenvalue weighted by Gasteiger charge is 2.30. The Balaban J connectivity index is 1.35. The molecule has 0 heterocycles. The maximum atomic E-state index is 13.1. The van der Waals surface area contributed by atoms with Crippen molar-refractivity contribution >= 4 is 0 Å². The van der Waals surface area contributed by atoms with Crippen LogP contribution in [-0.2, 0) is 0 Å². The summed E-state index contributed by atoms with van der Waals surface area (Å²) in [6.07, 6.45) is 11.4. The zero-order valence-electron chi connectivity index (χ0n) is 16.0. The van der Waals surface area contributed by atoms with Gasteiger partial charge in [0.2, 0.25) is 0 Å². The summed E-state index contributed by atoms with van der Waals surface area (Å²) in [5.74, 6) is 3.51. The van der Waals surface area contributed by atoms with E-state index in [1.165, 1.54) is 74.6 Å². The average molecular weight is 351 g/mol. The number of hydrogen-bond donors (Lipinski definition) is 0. The monoisotopic (exact) mass is 350 g/mol. The van der Waals surface area contributed by atoms with Crippen molar-refractivity contribution < 1.29 is 4.39 Å². The Hall–Kier alpha value is -1.63. The Morgan fingerprint density at radius 2 is 1.08 bits per heavy atom. The van der Waals surface area contributed by atoms with Crippen LogP contribution in [0.2, 0.25) is 0 Å². The van der Waals surface area contributed by atoms with Crippen molar-refractivity contribution in [1.82, 2.24) is 0 Å². The van der Waals surface area contributed by atoms with E-state index in [1.807, 2.05) is 12.1 Å². The lowest BCUT2D eigenvalue weighted by molar-refractivity contribution is 0.165. The molecule has 2 aromatic rings. The molecule has 0 atom stereocenters. The van der Waals surface area contributed by atoms with Gasteiger partial charge in [0, 0.05) is 0 Å². The Morgan fingerprint density at radius 1 is 0.615 bits per heavy atom. The molecule has 2 aliphatic rings. The van der Waals surface area contributed by atoms with Crippen molar-refractivity contribution in [3.05, 3.63) is 59.9 Å². The molecule has 0 aliphatic heterocycles. The van der Waals surface area contributed by atoms with Gasteiger partial charge in [-0.15, -0.1) is 0 Å². The van der Waals surface area contributed by atoms with Crippen LogP contribution in [0.3, 0.4) is 0 Å². The fourth-order valence-corrected chi connectivity index (χ4v) is 5.27. The molecule has 2 saturated carbocycles. The van der Waals surface area contributed by atoms with E-state index < -0.39 is 0 Å². The van der Waals surface area contributed by atoms with E-state index in [-0.39, 0.29) is 5.82 Å². The highest BCUT2D eigenvalue weighted by atomic mass is 19.1. The van der Waals surface area contributed by atoms with Crippen LogP contribution in [0.4, 0.5) is 4.39 Å². The Labute approximate surface area is 157 Å². The molecule has 2 aromatic carbocycles. The first-order valence-electron chi connectivity index (χ1n) is 10.5. The number of rotatable bonds is 3. The lowest BCUT2D eigenvalue weighted by Gasteiger charge is -2.37. The van der Waals surface area contributed by atoms with Crippen molar-refractivity contribution in [2.75, 3.05) is 0 Å². The van der Waals surface area contributed by atoms with Gasteiger partial charge in [-0.25, -0.2) is 4.39 Å². The van der Waals surface area contributed by atoms with Crippen LogP contribution in [0.1, 0.15) is 69.8 Å². The molecule has 0 saturated heterocycles. The second kappa shape index (κ2) is 7.94. The standard InChI is InChI=1S/C25H31F/c1-18-2-4-19(5-3-18)20-6-8-21(9-7-20)22-10-12-23(13-11-22)24-14-16-25(26)17-15-24/h10-21H,2-9H2,1H3. The third-order valence-corrected chi connectivity index (χ3v) is 7.06. The molecular formula is C25H31F. The molecule has 4 rings (SSSR count). The summed E-state index contributed by atoms with van der Waals surface area (Å²) in [7, 11) is 0. The molecule has 0 nitrogen and oxygen atoms in total. The molecule has 0 bridgehead atoms. The van der Waals surface area contributed by atoms with Gasteiger partial charge in [0.1, 0.15) is 5.82 Å². The first kappa shape index (κ1) is 17.8. The maximum absolute atomic E-state index is 13.1. The predicted molar refractivity (Wildman–Crippen MR) is 108 cm³/mol. The topological polar surface area (TPSA) is 0 Å². The Morgan fingerprint density at radius 3 is 1.62 bits per heavy atom. The van der Waals surface area contributed by atoms with Crippen molar-refractivity contribution in [3.8, 4) is 11.1 Å². The molecule has 0 spiro atoms. The summed E-state index contributed by atoms with van der Waals surface area (Å²) >= 11 is 0. The molecule has 0 N–H and O–H groups in total. The minimum Gasteiger partial charge on any atom is -0.207 e. The quantitative estimate of drug-likeness (QED) is 0.535. The molecule has 0 amide bonds.